The van der Waals surface area contributed by atoms with Gasteiger partial charge in [0, 0.05) is 12.0 Å². The molecule has 21 heavy (non-hydrogen) atoms. The molecule has 3 nitrogen and oxygen atoms in total. The monoisotopic (exact) mass is 304 g/mol. The molecular weight excluding hydrogens is 284 g/mol. The Bertz CT molecular complexity index is 611. The number of aryl methyl sites for hydroxylation is 1. The summed E-state index contributed by atoms with van der Waals surface area (Å²) in [6.45, 7) is 8.27. The van der Waals surface area contributed by atoms with Crippen LogP contribution < -0.4 is 4.74 Å². The first kappa shape index (κ1) is 15.8. The second kappa shape index (κ2) is 6.90. The molecular formula is C17H21ClN2O. The van der Waals surface area contributed by atoms with Crippen molar-refractivity contribution in [3.05, 3.63) is 46.4 Å². The Kier molecular flexibility index (Phi) is 5.18. The molecule has 0 radical (unpaired) electrons. The fourth-order valence-electron chi connectivity index (χ4n) is 1.98. The lowest BCUT2D eigenvalue weighted by atomic mass is 9.99. The van der Waals surface area contributed by atoms with Crippen molar-refractivity contribution in [2.45, 2.75) is 46.5 Å². The Labute approximate surface area is 131 Å². The molecule has 2 aromatic rings. The molecule has 1 aromatic heterocycles. The van der Waals surface area contributed by atoms with Crippen molar-refractivity contribution in [2.24, 2.45) is 0 Å². The van der Waals surface area contributed by atoms with Crippen molar-refractivity contribution in [1.29, 1.82) is 0 Å². The van der Waals surface area contributed by atoms with E-state index in [2.05, 4.69) is 35.9 Å². The van der Waals surface area contributed by atoms with Crippen LogP contribution in [0.25, 0.3) is 0 Å². The van der Waals surface area contributed by atoms with Gasteiger partial charge >= 0.3 is 0 Å². The fourth-order valence-corrected chi connectivity index (χ4v) is 2.16. The summed E-state index contributed by atoms with van der Waals surface area (Å²) in [4.78, 5) is 8.62. The van der Waals surface area contributed by atoms with Gasteiger partial charge in [0.05, 0.1) is 0 Å². The van der Waals surface area contributed by atoms with Crippen molar-refractivity contribution in [3.8, 4) is 11.6 Å². The average Bonchev–Trinajstić information content (AvgIpc) is 2.51. The first-order valence-corrected chi connectivity index (χ1v) is 7.73. The summed E-state index contributed by atoms with van der Waals surface area (Å²) in [5.41, 5.74) is 2.08. The van der Waals surface area contributed by atoms with Gasteiger partial charge in [-0.05, 0) is 37.0 Å². The lowest BCUT2D eigenvalue weighted by Crippen LogP contribution is -2.00. The molecule has 0 bridgehead atoms. The predicted octanol–water partition coefficient (Wildman–Crippen LogP) is 5.31. The molecule has 0 N–H and O–H groups in total. The summed E-state index contributed by atoms with van der Waals surface area (Å²) < 4.78 is 5.87. The highest BCUT2D eigenvalue weighted by molar-refractivity contribution is 6.30. The second-order valence-corrected chi connectivity index (χ2v) is 5.55. The third-order valence-electron chi connectivity index (χ3n) is 3.68. The van der Waals surface area contributed by atoms with Gasteiger partial charge in [0.2, 0.25) is 5.88 Å². The minimum absolute atomic E-state index is 0.452. The number of hydrogen-bond donors (Lipinski definition) is 0. The van der Waals surface area contributed by atoms with Crippen LogP contribution >= 0.6 is 11.6 Å². The SMILES string of the molecule is CCc1nc(Cl)c(C)c(Oc2ccc(C(C)CC)cc2)n1. The van der Waals surface area contributed by atoms with Crippen molar-refractivity contribution in [1.82, 2.24) is 9.97 Å². The van der Waals surface area contributed by atoms with Crippen LogP contribution in [-0.4, -0.2) is 9.97 Å². The first-order valence-electron chi connectivity index (χ1n) is 7.36. The van der Waals surface area contributed by atoms with Gasteiger partial charge in [-0.25, -0.2) is 4.98 Å². The van der Waals surface area contributed by atoms with Crippen LogP contribution in [-0.2, 0) is 6.42 Å². The predicted molar refractivity (Wildman–Crippen MR) is 86.4 cm³/mol. The van der Waals surface area contributed by atoms with Gasteiger partial charge in [-0.1, -0.05) is 44.5 Å². The summed E-state index contributed by atoms with van der Waals surface area (Å²) in [5.74, 6) is 2.54. The van der Waals surface area contributed by atoms with Crippen molar-refractivity contribution < 1.29 is 4.74 Å². The molecule has 112 valence electrons. The number of aromatic nitrogens is 2. The molecule has 1 heterocycles. The van der Waals surface area contributed by atoms with E-state index in [4.69, 9.17) is 16.3 Å². The van der Waals surface area contributed by atoms with E-state index in [0.29, 0.717) is 22.8 Å². The summed E-state index contributed by atoms with van der Waals surface area (Å²) >= 11 is 6.12. The van der Waals surface area contributed by atoms with Crippen LogP contribution in [0.4, 0.5) is 0 Å². The van der Waals surface area contributed by atoms with E-state index in [-0.39, 0.29) is 0 Å². The van der Waals surface area contributed by atoms with Gasteiger partial charge in [0.25, 0.3) is 0 Å². The number of nitrogens with zero attached hydrogens (tertiary/aromatic N) is 2. The molecule has 0 saturated carbocycles. The summed E-state index contributed by atoms with van der Waals surface area (Å²) in [7, 11) is 0. The summed E-state index contributed by atoms with van der Waals surface area (Å²) in [6, 6.07) is 8.15. The molecule has 1 aromatic carbocycles. The number of ether oxygens (including phenoxy) is 1. The smallest absolute Gasteiger partial charge is 0.226 e. The highest BCUT2D eigenvalue weighted by Gasteiger charge is 2.11. The third kappa shape index (κ3) is 3.73. The zero-order chi connectivity index (χ0) is 15.4. The lowest BCUT2D eigenvalue weighted by molar-refractivity contribution is 0.454. The fraction of sp³-hybridized carbons (Fsp3) is 0.412. The van der Waals surface area contributed by atoms with E-state index in [9.17, 15) is 0 Å². The maximum Gasteiger partial charge on any atom is 0.226 e. The molecule has 0 aliphatic heterocycles. The van der Waals surface area contributed by atoms with Crippen molar-refractivity contribution >= 4 is 11.6 Å². The van der Waals surface area contributed by atoms with E-state index in [1.54, 1.807) is 0 Å². The second-order valence-electron chi connectivity index (χ2n) is 5.19. The van der Waals surface area contributed by atoms with Gasteiger partial charge in [-0.15, -0.1) is 0 Å². The molecule has 0 aliphatic carbocycles. The third-order valence-corrected chi connectivity index (χ3v) is 4.05. The maximum atomic E-state index is 6.12. The maximum absolute atomic E-state index is 6.12. The standard InChI is InChI=1S/C17H21ClN2O/c1-5-11(3)13-7-9-14(10-8-13)21-17-12(4)16(18)19-15(6-2)20-17/h7-11H,5-6H2,1-4H3. The van der Waals surface area contributed by atoms with Gasteiger partial charge in [-0.2, -0.15) is 4.98 Å². The average molecular weight is 305 g/mol. The number of rotatable bonds is 5. The number of benzene rings is 1. The van der Waals surface area contributed by atoms with Gasteiger partial charge < -0.3 is 4.74 Å². The van der Waals surface area contributed by atoms with Crippen LogP contribution in [0.1, 0.15) is 50.1 Å². The van der Waals surface area contributed by atoms with E-state index < -0.39 is 0 Å². The van der Waals surface area contributed by atoms with E-state index in [1.807, 2.05) is 26.0 Å². The highest BCUT2D eigenvalue weighted by Crippen LogP contribution is 2.28. The van der Waals surface area contributed by atoms with E-state index in [0.717, 1.165) is 24.2 Å². The normalized spacial score (nSPS) is 12.2. The number of hydrogen-bond acceptors (Lipinski definition) is 3. The van der Waals surface area contributed by atoms with Crippen molar-refractivity contribution in [3.63, 3.8) is 0 Å². The van der Waals surface area contributed by atoms with E-state index >= 15 is 0 Å². The Morgan fingerprint density at radius 2 is 1.81 bits per heavy atom. The van der Waals surface area contributed by atoms with Gasteiger partial charge in [0.1, 0.15) is 16.7 Å². The minimum Gasteiger partial charge on any atom is -0.439 e. The zero-order valence-electron chi connectivity index (χ0n) is 13.0. The summed E-state index contributed by atoms with van der Waals surface area (Å²) in [5, 5.41) is 0.452. The molecule has 2 rings (SSSR count). The quantitative estimate of drug-likeness (QED) is 0.702. The van der Waals surface area contributed by atoms with Crippen molar-refractivity contribution in [2.75, 3.05) is 0 Å². The van der Waals surface area contributed by atoms with Crippen LogP contribution in [0.2, 0.25) is 5.15 Å². The molecule has 4 heteroatoms. The van der Waals surface area contributed by atoms with Crippen LogP contribution in [0.15, 0.2) is 24.3 Å². The molecule has 0 spiro atoms. The molecule has 0 amide bonds. The molecule has 1 atom stereocenters. The Balaban J connectivity index is 2.24. The Hall–Kier alpha value is -1.61. The molecule has 0 saturated heterocycles. The lowest BCUT2D eigenvalue weighted by Gasteiger charge is -2.12. The minimum atomic E-state index is 0.452. The van der Waals surface area contributed by atoms with Crippen LogP contribution in [0, 0.1) is 6.92 Å². The summed E-state index contributed by atoms with van der Waals surface area (Å²) in [6.07, 6.45) is 1.85. The van der Waals surface area contributed by atoms with Gasteiger partial charge in [-0.3, -0.25) is 0 Å². The van der Waals surface area contributed by atoms with Crippen LogP contribution in [0.5, 0.6) is 11.6 Å². The number of halogens is 1. The Morgan fingerprint density at radius 1 is 1.14 bits per heavy atom. The van der Waals surface area contributed by atoms with Crippen LogP contribution in [0.3, 0.4) is 0 Å². The molecule has 0 fully saturated rings. The molecule has 0 aliphatic rings. The van der Waals surface area contributed by atoms with E-state index in [1.165, 1.54) is 5.56 Å². The van der Waals surface area contributed by atoms with Gasteiger partial charge in [0.15, 0.2) is 0 Å². The highest BCUT2D eigenvalue weighted by atomic mass is 35.5. The largest absolute Gasteiger partial charge is 0.439 e. The zero-order valence-corrected chi connectivity index (χ0v) is 13.7. The Morgan fingerprint density at radius 3 is 2.38 bits per heavy atom. The first-order chi connectivity index (χ1) is 10.0. The molecule has 1 unspecified atom stereocenters. The topological polar surface area (TPSA) is 35.0 Å².